The van der Waals surface area contributed by atoms with Crippen LogP contribution in [0.3, 0.4) is 0 Å². The molecule has 0 aromatic carbocycles. The van der Waals surface area contributed by atoms with Crippen LogP contribution in [0, 0.1) is 0 Å². The Kier molecular flexibility index (Phi) is 10.6. The summed E-state index contributed by atoms with van der Waals surface area (Å²) in [7, 11) is 0. The van der Waals surface area contributed by atoms with E-state index in [1.54, 1.807) is 6.08 Å². The number of ketones is 1. The number of carbonyl (C=O) groups is 2. The average molecular weight is 170 g/mol. The van der Waals surface area contributed by atoms with Gasteiger partial charge in [-0.25, -0.2) is 4.79 Å². The van der Waals surface area contributed by atoms with Crippen LogP contribution in [0.15, 0.2) is 24.8 Å². The molecule has 12 heavy (non-hydrogen) atoms. The number of carboxylic acids is 1. The third kappa shape index (κ3) is 15.8. The molecule has 0 heterocycles. The minimum Gasteiger partial charge on any atom is -0.476 e. The van der Waals surface area contributed by atoms with Gasteiger partial charge in [0.2, 0.25) is 5.78 Å². The summed E-state index contributed by atoms with van der Waals surface area (Å²) < 4.78 is 0. The Morgan fingerprint density at radius 2 is 1.92 bits per heavy atom. The lowest BCUT2D eigenvalue weighted by Gasteiger charge is -1.73. The summed E-state index contributed by atoms with van der Waals surface area (Å²) in [6.45, 7) is 6.61. The highest BCUT2D eigenvalue weighted by Crippen LogP contribution is 1.76. The average Bonchev–Trinajstić information content (AvgIpc) is 2.02. The maximum absolute atomic E-state index is 9.54. The SMILES string of the molecule is C=CC=CCC.CC(=O)C(=O)O. The largest absolute Gasteiger partial charge is 0.476 e. The molecule has 1 N–H and O–H groups in total. The van der Waals surface area contributed by atoms with E-state index in [1.165, 1.54) is 0 Å². The number of Topliss-reactive ketones (excluding diaryl/α,β-unsaturated/α-hetero) is 1. The van der Waals surface area contributed by atoms with Gasteiger partial charge in [0.15, 0.2) is 0 Å². The molecule has 0 aromatic rings. The van der Waals surface area contributed by atoms with Crippen LogP contribution >= 0.6 is 0 Å². The number of hydrogen-bond donors (Lipinski definition) is 1. The lowest BCUT2D eigenvalue weighted by molar-refractivity contribution is -0.148. The molecule has 3 nitrogen and oxygen atoms in total. The monoisotopic (exact) mass is 170 g/mol. The predicted octanol–water partition coefficient (Wildman–Crippen LogP) is 1.80. The van der Waals surface area contributed by atoms with Crippen LogP contribution in [-0.2, 0) is 9.59 Å². The van der Waals surface area contributed by atoms with E-state index in [-0.39, 0.29) is 0 Å². The summed E-state index contributed by atoms with van der Waals surface area (Å²) in [6, 6.07) is 0. The molecule has 0 rings (SSSR count). The molecule has 0 spiro atoms. The lowest BCUT2D eigenvalue weighted by Crippen LogP contribution is -2.05. The third-order valence-electron chi connectivity index (χ3n) is 0.809. The van der Waals surface area contributed by atoms with Crippen LogP contribution in [0.5, 0.6) is 0 Å². The first-order chi connectivity index (χ1) is 5.56. The summed E-state index contributed by atoms with van der Waals surface area (Å²) >= 11 is 0. The molecule has 68 valence electrons. The summed E-state index contributed by atoms with van der Waals surface area (Å²) in [5, 5.41) is 7.64. The molecule has 0 aliphatic carbocycles. The van der Waals surface area contributed by atoms with Crippen molar-refractivity contribution < 1.29 is 14.7 Å². The first-order valence-electron chi connectivity index (χ1n) is 3.57. The smallest absolute Gasteiger partial charge is 0.371 e. The van der Waals surface area contributed by atoms with Crippen molar-refractivity contribution in [2.24, 2.45) is 0 Å². The van der Waals surface area contributed by atoms with E-state index in [1.807, 2.05) is 6.08 Å². The normalized spacial score (nSPS) is 8.50. The van der Waals surface area contributed by atoms with Crippen molar-refractivity contribution >= 4 is 11.8 Å². The number of rotatable bonds is 3. The molecule has 0 aromatic heterocycles. The van der Waals surface area contributed by atoms with Crippen LogP contribution in [0.4, 0.5) is 0 Å². The fourth-order valence-corrected chi connectivity index (χ4v) is 0.232. The zero-order valence-electron chi connectivity index (χ0n) is 7.41. The van der Waals surface area contributed by atoms with Crippen molar-refractivity contribution in [2.45, 2.75) is 20.3 Å². The number of hydrogen-bond acceptors (Lipinski definition) is 2. The van der Waals surface area contributed by atoms with Gasteiger partial charge in [-0.1, -0.05) is 31.7 Å². The second-order valence-electron chi connectivity index (χ2n) is 1.93. The second-order valence-corrected chi connectivity index (χ2v) is 1.93. The summed E-state index contributed by atoms with van der Waals surface area (Å²) in [5.41, 5.74) is 0. The Morgan fingerprint density at radius 1 is 1.50 bits per heavy atom. The van der Waals surface area contributed by atoms with Gasteiger partial charge in [-0.3, -0.25) is 4.79 Å². The van der Waals surface area contributed by atoms with Crippen molar-refractivity contribution in [1.29, 1.82) is 0 Å². The highest BCUT2D eigenvalue weighted by molar-refractivity contribution is 6.31. The molecule has 0 saturated heterocycles. The van der Waals surface area contributed by atoms with E-state index in [4.69, 9.17) is 5.11 Å². The fraction of sp³-hybridized carbons (Fsp3) is 0.333. The van der Waals surface area contributed by atoms with E-state index in [9.17, 15) is 9.59 Å². The van der Waals surface area contributed by atoms with Gasteiger partial charge < -0.3 is 5.11 Å². The van der Waals surface area contributed by atoms with E-state index >= 15 is 0 Å². The lowest BCUT2D eigenvalue weighted by atomic mass is 10.4. The van der Waals surface area contributed by atoms with Crippen molar-refractivity contribution in [3.8, 4) is 0 Å². The molecule has 3 heteroatoms. The zero-order chi connectivity index (χ0) is 9.98. The van der Waals surface area contributed by atoms with Gasteiger partial charge in [0.05, 0.1) is 0 Å². The number of carbonyl (C=O) groups excluding carboxylic acids is 1. The standard InChI is InChI=1S/C6H10.C3H4O3/c1-3-5-6-4-2;1-2(4)3(5)6/h3,5-6H,1,4H2,2H3;1H3,(H,5,6). The maximum Gasteiger partial charge on any atom is 0.371 e. The van der Waals surface area contributed by atoms with Gasteiger partial charge in [-0.15, -0.1) is 0 Å². The summed E-state index contributed by atoms with van der Waals surface area (Å²) in [5.74, 6) is -2.20. The molecule has 0 bridgehead atoms. The molecule has 0 aliphatic heterocycles. The van der Waals surface area contributed by atoms with Gasteiger partial charge in [0.1, 0.15) is 0 Å². The molecule has 0 aliphatic rings. The molecular formula is C9H14O3. The minimum absolute atomic E-state index is 0.824. The van der Waals surface area contributed by atoms with Crippen molar-refractivity contribution in [2.75, 3.05) is 0 Å². The first kappa shape index (κ1) is 13.2. The van der Waals surface area contributed by atoms with Gasteiger partial charge in [-0.2, -0.15) is 0 Å². The predicted molar refractivity (Wildman–Crippen MR) is 47.9 cm³/mol. The van der Waals surface area contributed by atoms with Gasteiger partial charge >= 0.3 is 5.97 Å². The molecule has 0 unspecified atom stereocenters. The van der Waals surface area contributed by atoms with Crippen LogP contribution < -0.4 is 0 Å². The Bertz CT molecular complexity index is 168. The number of allylic oxidation sites excluding steroid dienone is 3. The van der Waals surface area contributed by atoms with E-state index in [0.717, 1.165) is 13.3 Å². The van der Waals surface area contributed by atoms with Crippen molar-refractivity contribution in [1.82, 2.24) is 0 Å². The van der Waals surface area contributed by atoms with Gasteiger partial charge in [-0.05, 0) is 6.42 Å². The molecule has 0 amide bonds. The summed E-state index contributed by atoms with van der Waals surface area (Å²) in [6.07, 6.45) is 6.89. The Balaban J connectivity index is 0. The van der Waals surface area contributed by atoms with Crippen LogP contribution in [0.25, 0.3) is 0 Å². The minimum atomic E-state index is -1.38. The van der Waals surface area contributed by atoms with Crippen LogP contribution in [0.2, 0.25) is 0 Å². The van der Waals surface area contributed by atoms with Crippen LogP contribution in [0.1, 0.15) is 20.3 Å². The Hall–Kier alpha value is -1.38. The van der Waals surface area contributed by atoms with Crippen molar-refractivity contribution in [3.63, 3.8) is 0 Å². The van der Waals surface area contributed by atoms with Gasteiger partial charge in [0.25, 0.3) is 0 Å². The molecular weight excluding hydrogens is 156 g/mol. The first-order valence-corrected chi connectivity index (χ1v) is 3.57. The highest BCUT2D eigenvalue weighted by atomic mass is 16.4. The van der Waals surface area contributed by atoms with E-state index in [2.05, 4.69) is 19.6 Å². The number of aliphatic carboxylic acids is 1. The maximum atomic E-state index is 9.54. The van der Waals surface area contributed by atoms with Gasteiger partial charge in [0, 0.05) is 6.92 Å². The highest BCUT2D eigenvalue weighted by Gasteiger charge is 1.98. The number of carboxylic acid groups (broad SMARTS) is 1. The molecule has 0 radical (unpaired) electrons. The zero-order valence-corrected chi connectivity index (χ0v) is 7.41. The second kappa shape index (κ2) is 9.62. The van der Waals surface area contributed by atoms with Crippen LogP contribution in [-0.4, -0.2) is 16.9 Å². The third-order valence-corrected chi connectivity index (χ3v) is 0.809. The molecule has 0 atom stereocenters. The summed E-state index contributed by atoms with van der Waals surface area (Å²) in [4.78, 5) is 18.9. The topological polar surface area (TPSA) is 54.4 Å². The molecule has 0 saturated carbocycles. The van der Waals surface area contributed by atoms with E-state index < -0.39 is 11.8 Å². The fourth-order valence-electron chi connectivity index (χ4n) is 0.232. The van der Waals surface area contributed by atoms with Crippen molar-refractivity contribution in [3.05, 3.63) is 24.8 Å². The van der Waals surface area contributed by atoms with E-state index in [0.29, 0.717) is 0 Å². The Morgan fingerprint density at radius 3 is 2.00 bits per heavy atom. The Labute approximate surface area is 72.4 Å². The molecule has 0 fully saturated rings. The quantitative estimate of drug-likeness (QED) is 0.519.